The molecule has 0 nitrogen and oxygen atoms in total. The molecule has 0 N–H and O–H groups in total. The topological polar surface area (TPSA) is 0 Å². The third kappa shape index (κ3) is 0.746. The molecule has 4 bridgehead atoms. The van der Waals surface area contributed by atoms with Crippen LogP contribution in [-0.2, 0) is 0 Å². The van der Waals surface area contributed by atoms with E-state index < -0.39 is 0 Å². The summed E-state index contributed by atoms with van der Waals surface area (Å²) in [5.74, 6) is 3.28. The van der Waals surface area contributed by atoms with E-state index >= 15 is 0 Å². The van der Waals surface area contributed by atoms with E-state index in [0.717, 1.165) is 34.0 Å². The van der Waals surface area contributed by atoms with E-state index in [4.69, 9.17) is 0 Å². The quantitative estimate of drug-likeness (QED) is 0.553. The highest BCUT2D eigenvalue weighted by atomic mass is 14.8. The van der Waals surface area contributed by atoms with Gasteiger partial charge in [-0.15, -0.1) is 0 Å². The van der Waals surface area contributed by atoms with Gasteiger partial charge >= 0.3 is 0 Å². The third-order valence-electron chi connectivity index (χ3n) is 7.64. The maximum Gasteiger partial charge on any atom is -0.0233 e. The highest BCUT2D eigenvalue weighted by Crippen LogP contribution is 2.86. The van der Waals surface area contributed by atoms with E-state index in [-0.39, 0.29) is 0 Å². The van der Waals surface area contributed by atoms with Gasteiger partial charge < -0.3 is 0 Å². The molecule has 0 unspecified atom stereocenters. The van der Waals surface area contributed by atoms with Gasteiger partial charge in [-0.3, -0.25) is 0 Å². The predicted octanol–water partition coefficient (Wildman–Crippen LogP) is 4.25. The van der Waals surface area contributed by atoms with Gasteiger partial charge in [0.25, 0.3) is 0 Å². The van der Waals surface area contributed by atoms with Gasteiger partial charge in [0.15, 0.2) is 0 Å². The molecule has 0 radical (unpaired) electrons. The first-order valence-electron chi connectivity index (χ1n) is 7.02. The van der Waals surface area contributed by atoms with Crippen molar-refractivity contribution < 1.29 is 0 Å². The lowest BCUT2D eigenvalue weighted by Crippen LogP contribution is -2.51. The summed E-state index contributed by atoms with van der Waals surface area (Å²) in [5, 5.41) is 0. The average molecular weight is 204 g/mol. The van der Waals surface area contributed by atoms with Gasteiger partial charge in [0.2, 0.25) is 0 Å². The lowest BCUT2D eigenvalue weighted by Gasteiger charge is -2.60. The maximum absolute atomic E-state index is 2.64. The van der Waals surface area contributed by atoms with Crippen molar-refractivity contribution in [1.82, 2.24) is 0 Å². The Morgan fingerprint density at radius 3 is 2.47 bits per heavy atom. The molecule has 5 fully saturated rings. The zero-order valence-corrected chi connectivity index (χ0v) is 10.5. The van der Waals surface area contributed by atoms with Gasteiger partial charge in [0, 0.05) is 0 Å². The first kappa shape index (κ1) is 9.07. The van der Waals surface area contributed by atoms with Crippen molar-refractivity contribution in [3.8, 4) is 0 Å². The van der Waals surface area contributed by atoms with Crippen molar-refractivity contribution in [2.24, 2.45) is 34.0 Å². The molecule has 0 amide bonds. The Labute approximate surface area is 93.8 Å². The van der Waals surface area contributed by atoms with Crippen LogP contribution in [0.2, 0.25) is 0 Å². The molecule has 0 aliphatic heterocycles. The van der Waals surface area contributed by atoms with E-state index in [1.807, 2.05) is 0 Å². The standard InChI is InChI=1S/C15H24/c1-10-5-4-6-15-8-12-11(7-14(10,15)3)13(12,2)9-15/h10-12H,4-9H2,1-3H3/t10-,11-,12+,13-,14+,15+/m0/s1. The second-order valence-corrected chi connectivity index (χ2v) is 7.79. The van der Waals surface area contributed by atoms with Crippen LogP contribution in [-0.4, -0.2) is 0 Å². The Balaban J connectivity index is 1.81. The van der Waals surface area contributed by atoms with Crippen LogP contribution in [0.15, 0.2) is 0 Å². The molecule has 6 atom stereocenters. The molecule has 5 saturated carbocycles. The van der Waals surface area contributed by atoms with E-state index in [2.05, 4.69) is 20.8 Å². The van der Waals surface area contributed by atoms with Gasteiger partial charge in [-0.1, -0.05) is 33.6 Å². The Kier molecular flexibility index (Phi) is 1.31. The van der Waals surface area contributed by atoms with Crippen LogP contribution in [0, 0.1) is 34.0 Å². The van der Waals surface area contributed by atoms with E-state index in [0.29, 0.717) is 0 Å². The SMILES string of the molecule is C[C@H]1CCC[C@]23C[C@@H]4[C@H](C[C@]12C)[C@]4(C)C3. The van der Waals surface area contributed by atoms with Crippen molar-refractivity contribution >= 4 is 0 Å². The molecule has 0 heterocycles. The summed E-state index contributed by atoms with van der Waals surface area (Å²) in [4.78, 5) is 0. The normalized spacial score (nSPS) is 70.2. The highest BCUT2D eigenvalue weighted by Gasteiger charge is 2.78. The number of hydrogen-bond donors (Lipinski definition) is 0. The maximum atomic E-state index is 2.64. The number of hydrogen-bond acceptors (Lipinski definition) is 0. The minimum Gasteiger partial charge on any atom is -0.0620 e. The zero-order valence-electron chi connectivity index (χ0n) is 10.5. The van der Waals surface area contributed by atoms with Crippen LogP contribution in [0.3, 0.4) is 0 Å². The van der Waals surface area contributed by atoms with Gasteiger partial charge in [-0.05, 0) is 59.7 Å². The molecule has 15 heavy (non-hydrogen) atoms. The van der Waals surface area contributed by atoms with Crippen LogP contribution in [0.4, 0.5) is 0 Å². The fraction of sp³-hybridized carbons (Fsp3) is 1.00. The van der Waals surface area contributed by atoms with Crippen molar-refractivity contribution in [1.29, 1.82) is 0 Å². The van der Waals surface area contributed by atoms with Crippen LogP contribution < -0.4 is 0 Å². The van der Waals surface area contributed by atoms with Gasteiger partial charge in [-0.2, -0.15) is 0 Å². The van der Waals surface area contributed by atoms with Gasteiger partial charge in [-0.25, -0.2) is 0 Å². The molecule has 5 aliphatic rings. The van der Waals surface area contributed by atoms with Crippen molar-refractivity contribution in [3.63, 3.8) is 0 Å². The van der Waals surface area contributed by atoms with Crippen LogP contribution in [0.5, 0.6) is 0 Å². The minimum atomic E-state index is 0.725. The van der Waals surface area contributed by atoms with Crippen LogP contribution in [0.25, 0.3) is 0 Å². The highest BCUT2D eigenvalue weighted by molar-refractivity contribution is 5.27. The van der Waals surface area contributed by atoms with Crippen LogP contribution in [0.1, 0.15) is 59.3 Å². The molecule has 1 spiro atoms. The molecule has 0 aromatic rings. The first-order chi connectivity index (χ1) is 7.02. The minimum absolute atomic E-state index is 0.725. The summed E-state index contributed by atoms with van der Waals surface area (Å²) < 4.78 is 0. The molecule has 0 saturated heterocycles. The summed E-state index contributed by atoms with van der Waals surface area (Å²) in [6.07, 6.45) is 9.36. The summed E-state index contributed by atoms with van der Waals surface area (Å²) in [6, 6.07) is 0. The second kappa shape index (κ2) is 2.17. The van der Waals surface area contributed by atoms with Crippen molar-refractivity contribution in [2.75, 3.05) is 0 Å². The predicted molar refractivity (Wildman–Crippen MR) is 62.5 cm³/mol. The molecule has 0 heteroatoms. The molecular formula is C15H24. The van der Waals surface area contributed by atoms with Crippen molar-refractivity contribution in [2.45, 2.75) is 59.3 Å². The lowest BCUT2D eigenvalue weighted by molar-refractivity contribution is -0.102. The third-order valence-corrected chi connectivity index (χ3v) is 7.64. The summed E-state index contributed by atoms with van der Waals surface area (Å²) in [5.41, 5.74) is 2.33. The molecule has 5 rings (SSSR count). The Bertz CT molecular complexity index is 333. The van der Waals surface area contributed by atoms with Gasteiger partial charge in [0.1, 0.15) is 0 Å². The lowest BCUT2D eigenvalue weighted by atomic mass is 9.45. The van der Waals surface area contributed by atoms with E-state index in [9.17, 15) is 0 Å². The first-order valence-corrected chi connectivity index (χ1v) is 7.02. The fourth-order valence-electron chi connectivity index (χ4n) is 6.37. The van der Waals surface area contributed by atoms with Crippen molar-refractivity contribution in [3.05, 3.63) is 0 Å². The smallest absolute Gasteiger partial charge is 0.0233 e. The van der Waals surface area contributed by atoms with Crippen LogP contribution >= 0.6 is 0 Å². The largest absolute Gasteiger partial charge is 0.0620 e. The molecule has 5 aliphatic carbocycles. The van der Waals surface area contributed by atoms with E-state index in [1.165, 1.54) is 12.8 Å². The number of rotatable bonds is 0. The Morgan fingerprint density at radius 1 is 1.07 bits per heavy atom. The summed E-state index contributed by atoms with van der Waals surface area (Å²) >= 11 is 0. The Hall–Kier alpha value is 0. The molecule has 84 valence electrons. The fourth-order valence-corrected chi connectivity index (χ4v) is 6.37. The summed E-state index contributed by atoms with van der Waals surface area (Å²) in [6.45, 7) is 7.78. The zero-order chi connectivity index (χ0) is 10.5. The molecule has 0 aromatic carbocycles. The van der Waals surface area contributed by atoms with E-state index in [1.54, 1.807) is 25.7 Å². The molecule has 0 aromatic heterocycles. The molecular weight excluding hydrogens is 180 g/mol. The Morgan fingerprint density at radius 2 is 1.80 bits per heavy atom. The average Bonchev–Trinajstić information content (AvgIpc) is 2.60. The monoisotopic (exact) mass is 204 g/mol. The second-order valence-electron chi connectivity index (χ2n) is 7.79. The van der Waals surface area contributed by atoms with Gasteiger partial charge in [0.05, 0.1) is 0 Å². The summed E-state index contributed by atoms with van der Waals surface area (Å²) in [7, 11) is 0.